The standard InChI is InChI=1S/C23H26N4O3/c1-17(2)21(26-23(29)30-16-19-7-4-3-5-8-19)22(28)24-15-18-9-11-20(12-10-18)27-14-6-13-25-27/h3-14,17,21H,15-16H2,1-2H3,(H,24,28)(H,26,29)/t21-/m0/s1. The van der Waals surface area contributed by atoms with Gasteiger partial charge in [-0.05, 0) is 35.2 Å². The van der Waals surface area contributed by atoms with Crippen LogP contribution in [0.2, 0.25) is 0 Å². The van der Waals surface area contributed by atoms with E-state index in [0.717, 1.165) is 16.8 Å². The Labute approximate surface area is 176 Å². The van der Waals surface area contributed by atoms with Gasteiger partial charge >= 0.3 is 6.09 Å². The number of aromatic nitrogens is 2. The Hall–Kier alpha value is -3.61. The molecule has 1 atom stereocenters. The quantitative estimate of drug-likeness (QED) is 0.600. The van der Waals surface area contributed by atoms with E-state index in [-0.39, 0.29) is 18.4 Å². The molecule has 7 heteroatoms. The second kappa shape index (κ2) is 10.2. The van der Waals surface area contributed by atoms with Gasteiger partial charge in [-0.1, -0.05) is 56.3 Å². The molecule has 30 heavy (non-hydrogen) atoms. The van der Waals surface area contributed by atoms with Gasteiger partial charge in [-0.2, -0.15) is 5.10 Å². The number of amides is 2. The summed E-state index contributed by atoms with van der Waals surface area (Å²) in [6, 6.07) is 18.3. The van der Waals surface area contributed by atoms with E-state index in [2.05, 4.69) is 15.7 Å². The molecule has 0 aliphatic heterocycles. The van der Waals surface area contributed by atoms with Crippen molar-refractivity contribution in [3.63, 3.8) is 0 Å². The van der Waals surface area contributed by atoms with Gasteiger partial charge < -0.3 is 15.4 Å². The maximum atomic E-state index is 12.6. The summed E-state index contributed by atoms with van der Waals surface area (Å²) in [5, 5.41) is 9.74. The minimum Gasteiger partial charge on any atom is -0.445 e. The zero-order chi connectivity index (χ0) is 21.3. The number of rotatable bonds is 8. The summed E-state index contributed by atoms with van der Waals surface area (Å²) < 4.78 is 7.00. The summed E-state index contributed by atoms with van der Waals surface area (Å²) in [4.78, 5) is 24.8. The summed E-state index contributed by atoms with van der Waals surface area (Å²) in [6.07, 6.45) is 2.97. The average Bonchev–Trinajstić information content (AvgIpc) is 3.30. The van der Waals surface area contributed by atoms with Gasteiger partial charge in [0.15, 0.2) is 0 Å². The molecule has 0 bridgehead atoms. The molecule has 0 aliphatic carbocycles. The Bertz CT molecular complexity index is 938. The van der Waals surface area contributed by atoms with Crippen LogP contribution in [-0.2, 0) is 22.7 Å². The normalized spacial score (nSPS) is 11.7. The second-order valence-corrected chi connectivity index (χ2v) is 7.26. The van der Waals surface area contributed by atoms with Crippen molar-refractivity contribution in [2.24, 2.45) is 5.92 Å². The van der Waals surface area contributed by atoms with Gasteiger partial charge in [0.2, 0.25) is 5.91 Å². The molecule has 0 radical (unpaired) electrons. The van der Waals surface area contributed by atoms with Gasteiger partial charge in [0.25, 0.3) is 0 Å². The molecule has 7 nitrogen and oxygen atoms in total. The maximum absolute atomic E-state index is 12.6. The Morgan fingerprint density at radius 3 is 2.37 bits per heavy atom. The molecule has 0 spiro atoms. The van der Waals surface area contributed by atoms with Crippen LogP contribution < -0.4 is 10.6 Å². The largest absolute Gasteiger partial charge is 0.445 e. The molecule has 1 aromatic heterocycles. The fraction of sp³-hybridized carbons (Fsp3) is 0.261. The Morgan fingerprint density at radius 2 is 1.73 bits per heavy atom. The van der Waals surface area contributed by atoms with Crippen LogP contribution in [-0.4, -0.2) is 27.8 Å². The minimum atomic E-state index is -0.684. The third kappa shape index (κ3) is 5.94. The van der Waals surface area contributed by atoms with Crippen molar-refractivity contribution < 1.29 is 14.3 Å². The van der Waals surface area contributed by atoms with E-state index in [9.17, 15) is 9.59 Å². The topological polar surface area (TPSA) is 85.2 Å². The Balaban J connectivity index is 1.50. The van der Waals surface area contributed by atoms with Crippen molar-refractivity contribution in [2.45, 2.75) is 33.0 Å². The Kier molecular flexibility index (Phi) is 7.21. The Morgan fingerprint density at radius 1 is 1.00 bits per heavy atom. The summed E-state index contributed by atoms with van der Waals surface area (Å²) in [5.41, 5.74) is 2.78. The predicted octanol–water partition coefficient (Wildman–Crippen LogP) is 3.44. The highest BCUT2D eigenvalue weighted by Crippen LogP contribution is 2.09. The van der Waals surface area contributed by atoms with Crippen LogP contribution >= 0.6 is 0 Å². The lowest BCUT2D eigenvalue weighted by Gasteiger charge is -2.21. The number of nitrogens with zero attached hydrogens (tertiary/aromatic N) is 2. The first-order chi connectivity index (χ1) is 14.5. The van der Waals surface area contributed by atoms with Gasteiger partial charge in [0, 0.05) is 18.9 Å². The average molecular weight is 406 g/mol. The number of hydrogen-bond donors (Lipinski definition) is 2. The first-order valence-electron chi connectivity index (χ1n) is 9.87. The first kappa shape index (κ1) is 21.1. The number of ether oxygens (including phenoxy) is 1. The number of carbonyl (C=O) groups excluding carboxylic acids is 2. The fourth-order valence-electron chi connectivity index (χ4n) is 2.91. The highest BCUT2D eigenvalue weighted by molar-refractivity contribution is 5.85. The van der Waals surface area contributed by atoms with Gasteiger partial charge in [-0.15, -0.1) is 0 Å². The molecule has 3 rings (SSSR count). The van der Waals surface area contributed by atoms with E-state index < -0.39 is 12.1 Å². The highest BCUT2D eigenvalue weighted by Gasteiger charge is 2.24. The molecule has 2 aromatic carbocycles. The molecule has 1 heterocycles. The first-order valence-corrected chi connectivity index (χ1v) is 9.87. The number of hydrogen-bond acceptors (Lipinski definition) is 4. The number of benzene rings is 2. The zero-order valence-electron chi connectivity index (χ0n) is 17.1. The third-order valence-corrected chi connectivity index (χ3v) is 4.61. The highest BCUT2D eigenvalue weighted by atomic mass is 16.5. The summed E-state index contributed by atoms with van der Waals surface area (Å²) in [7, 11) is 0. The van der Waals surface area contributed by atoms with E-state index in [1.54, 1.807) is 10.9 Å². The number of nitrogens with one attached hydrogen (secondary N) is 2. The van der Waals surface area contributed by atoms with Gasteiger partial charge in [-0.3, -0.25) is 4.79 Å². The molecule has 0 aliphatic rings. The van der Waals surface area contributed by atoms with Gasteiger partial charge in [0.1, 0.15) is 12.6 Å². The van der Waals surface area contributed by atoms with Crippen LogP contribution in [0.4, 0.5) is 4.79 Å². The molecular weight excluding hydrogens is 380 g/mol. The van der Waals surface area contributed by atoms with E-state index >= 15 is 0 Å². The maximum Gasteiger partial charge on any atom is 0.408 e. The van der Waals surface area contributed by atoms with Crippen molar-refractivity contribution in [3.8, 4) is 5.69 Å². The van der Waals surface area contributed by atoms with Crippen molar-refractivity contribution in [1.29, 1.82) is 0 Å². The van der Waals surface area contributed by atoms with Crippen LogP contribution in [0.3, 0.4) is 0 Å². The van der Waals surface area contributed by atoms with E-state index in [0.29, 0.717) is 6.54 Å². The van der Waals surface area contributed by atoms with Crippen molar-refractivity contribution in [1.82, 2.24) is 20.4 Å². The smallest absolute Gasteiger partial charge is 0.408 e. The molecule has 0 unspecified atom stereocenters. The molecule has 2 amide bonds. The van der Waals surface area contributed by atoms with Crippen LogP contribution in [0.25, 0.3) is 5.69 Å². The molecule has 3 aromatic rings. The van der Waals surface area contributed by atoms with E-state index in [1.807, 2.05) is 80.7 Å². The predicted molar refractivity (Wildman–Crippen MR) is 114 cm³/mol. The van der Waals surface area contributed by atoms with Crippen LogP contribution in [0.15, 0.2) is 73.1 Å². The lowest BCUT2D eigenvalue weighted by Crippen LogP contribution is -2.49. The minimum absolute atomic E-state index is 0.0866. The monoisotopic (exact) mass is 406 g/mol. The third-order valence-electron chi connectivity index (χ3n) is 4.61. The number of alkyl carbamates (subject to hydrolysis) is 1. The van der Waals surface area contributed by atoms with E-state index in [1.165, 1.54) is 0 Å². The molecule has 0 saturated carbocycles. The van der Waals surface area contributed by atoms with Crippen LogP contribution in [0, 0.1) is 5.92 Å². The SMILES string of the molecule is CC(C)[C@H](NC(=O)OCc1ccccc1)C(=O)NCc1ccc(-n2cccn2)cc1. The molecular formula is C23H26N4O3. The molecule has 0 saturated heterocycles. The summed E-state index contributed by atoms with van der Waals surface area (Å²) in [5.74, 6) is -0.339. The van der Waals surface area contributed by atoms with Gasteiger partial charge in [-0.25, -0.2) is 9.48 Å². The van der Waals surface area contributed by atoms with Crippen molar-refractivity contribution >= 4 is 12.0 Å². The van der Waals surface area contributed by atoms with E-state index in [4.69, 9.17) is 4.74 Å². The second-order valence-electron chi connectivity index (χ2n) is 7.26. The fourth-order valence-corrected chi connectivity index (χ4v) is 2.91. The van der Waals surface area contributed by atoms with Crippen molar-refractivity contribution in [2.75, 3.05) is 0 Å². The zero-order valence-corrected chi connectivity index (χ0v) is 17.1. The van der Waals surface area contributed by atoms with Crippen LogP contribution in [0.1, 0.15) is 25.0 Å². The lowest BCUT2D eigenvalue weighted by molar-refractivity contribution is -0.124. The molecule has 156 valence electrons. The lowest BCUT2D eigenvalue weighted by atomic mass is 10.0. The van der Waals surface area contributed by atoms with Gasteiger partial charge in [0.05, 0.1) is 5.69 Å². The summed E-state index contributed by atoms with van der Waals surface area (Å²) >= 11 is 0. The summed E-state index contributed by atoms with van der Waals surface area (Å²) in [6.45, 7) is 4.27. The molecule has 2 N–H and O–H groups in total. The molecule has 0 fully saturated rings. The van der Waals surface area contributed by atoms with Crippen molar-refractivity contribution in [3.05, 3.63) is 84.2 Å². The number of carbonyl (C=O) groups is 2. The van der Waals surface area contributed by atoms with Crippen LogP contribution in [0.5, 0.6) is 0 Å².